The van der Waals surface area contributed by atoms with E-state index in [1.807, 2.05) is 0 Å². The van der Waals surface area contributed by atoms with Gasteiger partial charge in [-0.25, -0.2) is 0 Å². The number of ether oxygens (including phenoxy) is 3. The standard InChI is InChI=1S/C18H19NO6/c1-23-16-10-8-14(17(24-2)18(16)25-3)15(20)9-7-12-5-4-6-13(11-12)19(21)22/h4-9,11,16H,10H2,1-3H3/b9-7+. The van der Waals surface area contributed by atoms with E-state index in [1.165, 1.54) is 38.5 Å². The molecule has 1 aromatic carbocycles. The predicted molar refractivity (Wildman–Crippen MR) is 91.7 cm³/mol. The molecule has 7 heteroatoms. The van der Waals surface area contributed by atoms with E-state index in [2.05, 4.69) is 0 Å². The van der Waals surface area contributed by atoms with Gasteiger partial charge in [-0.15, -0.1) is 0 Å². The molecule has 2 rings (SSSR count). The molecule has 0 heterocycles. The molecule has 1 aromatic rings. The lowest BCUT2D eigenvalue weighted by Crippen LogP contribution is -2.23. The number of carbonyl (C=O) groups excluding carboxylic acids is 1. The molecule has 25 heavy (non-hydrogen) atoms. The van der Waals surface area contributed by atoms with Gasteiger partial charge in [-0.3, -0.25) is 14.9 Å². The first kappa shape index (κ1) is 18.4. The van der Waals surface area contributed by atoms with Crippen molar-refractivity contribution in [1.82, 2.24) is 0 Å². The number of ketones is 1. The largest absolute Gasteiger partial charge is 0.494 e. The van der Waals surface area contributed by atoms with Gasteiger partial charge in [-0.2, -0.15) is 0 Å². The fourth-order valence-corrected chi connectivity index (χ4v) is 2.56. The van der Waals surface area contributed by atoms with Crippen molar-refractivity contribution in [3.63, 3.8) is 0 Å². The fraction of sp³-hybridized carbons (Fsp3) is 0.278. The molecule has 0 aromatic heterocycles. The van der Waals surface area contributed by atoms with Crippen molar-refractivity contribution >= 4 is 17.5 Å². The van der Waals surface area contributed by atoms with Crippen molar-refractivity contribution in [2.75, 3.05) is 21.3 Å². The van der Waals surface area contributed by atoms with Crippen molar-refractivity contribution in [1.29, 1.82) is 0 Å². The number of non-ortho nitro benzene ring substituents is 1. The highest BCUT2D eigenvalue weighted by Crippen LogP contribution is 2.29. The van der Waals surface area contributed by atoms with Gasteiger partial charge < -0.3 is 14.2 Å². The molecule has 0 bridgehead atoms. The van der Waals surface area contributed by atoms with E-state index in [0.717, 1.165) is 0 Å². The molecule has 132 valence electrons. The zero-order valence-electron chi connectivity index (χ0n) is 14.2. The SMILES string of the molecule is COC1=C(OC)C(OC)CC=C1C(=O)/C=C/c1cccc([N+](=O)[O-])c1. The Hall–Kier alpha value is -2.93. The maximum absolute atomic E-state index is 12.5. The first-order chi connectivity index (χ1) is 12.0. The summed E-state index contributed by atoms with van der Waals surface area (Å²) in [6.45, 7) is 0. The zero-order valence-corrected chi connectivity index (χ0v) is 14.2. The maximum atomic E-state index is 12.5. The van der Waals surface area contributed by atoms with Crippen molar-refractivity contribution in [2.24, 2.45) is 0 Å². The number of benzene rings is 1. The molecule has 0 saturated heterocycles. The number of carbonyl (C=O) groups is 1. The fourth-order valence-electron chi connectivity index (χ4n) is 2.56. The molecule has 1 atom stereocenters. The Morgan fingerprint density at radius 1 is 1.28 bits per heavy atom. The molecule has 1 unspecified atom stereocenters. The number of nitrogens with zero attached hydrogens (tertiary/aromatic N) is 1. The van der Waals surface area contributed by atoms with Gasteiger partial charge in [0.05, 0.1) is 24.7 Å². The molecular formula is C18H19NO6. The summed E-state index contributed by atoms with van der Waals surface area (Å²) in [6.07, 6.45) is 4.79. The molecule has 7 nitrogen and oxygen atoms in total. The van der Waals surface area contributed by atoms with Crippen LogP contribution in [0.25, 0.3) is 6.08 Å². The number of nitro groups is 1. The predicted octanol–water partition coefficient (Wildman–Crippen LogP) is 3.03. The third-order valence-electron chi connectivity index (χ3n) is 3.78. The van der Waals surface area contributed by atoms with E-state index in [-0.39, 0.29) is 17.6 Å². The van der Waals surface area contributed by atoms with E-state index >= 15 is 0 Å². The van der Waals surface area contributed by atoms with E-state index < -0.39 is 4.92 Å². The molecule has 0 saturated carbocycles. The Balaban J connectivity index is 2.25. The van der Waals surface area contributed by atoms with Crippen LogP contribution < -0.4 is 0 Å². The van der Waals surface area contributed by atoms with E-state index in [0.29, 0.717) is 29.1 Å². The average Bonchev–Trinajstić information content (AvgIpc) is 2.64. The Labute approximate surface area is 145 Å². The zero-order chi connectivity index (χ0) is 18.4. The van der Waals surface area contributed by atoms with E-state index in [4.69, 9.17) is 14.2 Å². The van der Waals surface area contributed by atoms with Gasteiger partial charge >= 0.3 is 0 Å². The molecule has 0 spiro atoms. The van der Waals surface area contributed by atoms with Crippen LogP contribution in [0, 0.1) is 10.1 Å². The van der Waals surface area contributed by atoms with Crippen LogP contribution in [0.15, 0.2) is 53.5 Å². The quantitative estimate of drug-likeness (QED) is 0.429. The van der Waals surface area contributed by atoms with Crippen molar-refractivity contribution in [2.45, 2.75) is 12.5 Å². The molecular weight excluding hydrogens is 326 g/mol. The lowest BCUT2D eigenvalue weighted by atomic mass is 9.97. The molecule has 1 aliphatic carbocycles. The van der Waals surface area contributed by atoms with Crippen molar-refractivity contribution in [3.8, 4) is 0 Å². The Bertz CT molecular complexity index is 763. The summed E-state index contributed by atoms with van der Waals surface area (Å²) in [5.41, 5.74) is 0.895. The number of hydrogen-bond donors (Lipinski definition) is 0. The smallest absolute Gasteiger partial charge is 0.270 e. The minimum atomic E-state index is -0.482. The summed E-state index contributed by atoms with van der Waals surface area (Å²) in [5.74, 6) is 0.501. The normalized spacial score (nSPS) is 17.4. The summed E-state index contributed by atoms with van der Waals surface area (Å²) in [4.78, 5) is 22.8. The van der Waals surface area contributed by atoms with Crippen molar-refractivity contribution in [3.05, 3.63) is 69.2 Å². The van der Waals surface area contributed by atoms with Gasteiger partial charge in [0.1, 0.15) is 6.10 Å². The maximum Gasteiger partial charge on any atom is 0.270 e. The molecule has 0 N–H and O–H groups in total. The van der Waals surface area contributed by atoms with Crippen LogP contribution in [0.2, 0.25) is 0 Å². The second-order valence-corrected chi connectivity index (χ2v) is 5.23. The summed E-state index contributed by atoms with van der Waals surface area (Å²) >= 11 is 0. The Morgan fingerprint density at radius 2 is 2.04 bits per heavy atom. The first-order valence-electron chi connectivity index (χ1n) is 7.54. The van der Waals surface area contributed by atoms with E-state index in [1.54, 1.807) is 25.3 Å². The van der Waals surface area contributed by atoms with Crippen LogP contribution >= 0.6 is 0 Å². The molecule has 0 aliphatic heterocycles. The number of hydrogen-bond acceptors (Lipinski definition) is 6. The van der Waals surface area contributed by atoms with Crippen LogP contribution in [0.1, 0.15) is 12.0 Å². The Kier molecular flexibility index (Phi) is 6.08. The van der Waals surface area contributed by atoms with Gasteiger partial charge in [0.15, 0.2) is 17.3 Å². The third kappa shape index (κ3) is 4.13. The molecule has 0 fully saturated rings. The lowest BCUT2D eigenvalue weighted by Gasteiger charge is -2.24. The van der Waals surface area contributed by atoms with E-state index in [9.17, 15) is 14.9 Å². The van der Waals surface area contributed by atoms with Crippen LogP contribution in [-0.2, 0) is 19.0 Å². The molecule has 1 aliphatic rings. The second-order valence-electron chi connectivity index (χ2n) is 5.23. The summed E-state index contributed by atoms with van der Waals surface area (Å²) in [5, 5.41) is 10.8. The van der Waals surface area contributed by atoms with Gasteiger partial charge in [0.2, 0.25) is 0 Å². The number of methoxy groups -OCH3 is 3. The summed E-state index contributed by atoms with van der Waals surface area (Å²) in [6, 6.07) is 6.04. The number of allylic oxidation sites excluding steroid dienone is 2. The number of rotatable bonds is 7. The lowest BCUT2D eigenvalue weighted by molar-refractivity contribution is -0.384. The Morgan fingerprint density at radius 3 is 2.64 bits per heavy atom. The molecule has 0 radical (unpaired) electrons. The number of nitro benzene ring substituents is 1. The van der Waals surface area contributed by atoms with Crippen LogP contribution in [0.5, 0.6) is 0 Å². The van der Waals surface area contributed by atoms with Gasteiger partial charge in [0.25, 0.3) is 5.69 Å². The second kappa shape index (κ2) is 8.25. The minimum Gasteiger partial charge on any atom is -0.494 e. The monoisotopic (exact) mass is 345 g/mol. The molecule has 0 amide bonds. The summed E-state index contributed by atoms with van der Waals surface area (Å²) < 4.78 is 16.0. The highest BCUT2D eigenvalue weighted by atomic mass is 16.6. The van der Waals surface area contributed by atoms with Crippen LogP contribution in [0.3, 0.4) is 0 Å². The minimum absolute atomic E-state index is 0.0337. The van der Waals surface area contributed by atoms with Crippen molar-refractivity contribution < 1.29 is 23.9 Å². The van der Waals surface area contributed by atoms with Gasteiger partial charge in [0, 0.05) is 25.7 Å². The first-order valence-corrected chi connectivity index (χ1v) is 7.54. The topological polar surface area (TPSA) is 87.9 Å². The van der Waals surface area contributed by atoms with Gasteiger partial charge in [-0.05, 0) is 11.6 Å². The summed E-state index contributed by atoms with van der Waals surface area (Å²) in [7, 11) is 4.50. The third-order valence-corrected chi connectivity index (χ3v) is 3.78. The van der Waals surface area contributed by atoms with Crippen LogP contribution in [-0.4, -0.2) is 38.1 Å². The highest BCUT2D eigenvalue weighted by molar-refractivity contribution is 6.09. The van der Waals surface area contributed by atoms with Crippen LogP contribution in [0.4, 0.5) is 5.69 Å². The highest BCUT2D eigenvalue weighted by Gasteiger charge is 2.29. The average molecular weight is 345 g/mol. The van der Waals surface area contributed by atoms with Gasteiger partial charge in [-0.1, -0.05) is 24.3 Å².